The second-order valence-corrected chi connectivity index (χ2v) is 5.54. The smallest absolute Gasteiger partial charge is 0.387 e. The fourth-order valence-electron chi connectivity index (χ4n) is 2.44. The van der Waals surface area contributed by atoms with Gasteiger partial charge in [0.25, 0.3) is 5.89 Å². The molecule has 0 unspecified atom stereocenters. The van der Waals surface area contributed by atoms with E-state index in [0.29, 0.717) is 18.0 Å². The fraction of sp³-hybridized carbons (Fsp3) is 0.222. The molecule has 0 saturated carbocycles. The van der Waals surface area contributed by atoms with Crippen LogP contribution < -0.4 is 10.1 Å². The summed E-state index contributed by atoms with van der Waals surface area (Å²) >= 11 is 0. The Balaban J connectivity index is 1.56. The van der Waals surface area contributed by atoms with E-state index in [-0.39, 0.29) is 17.4 Å². The van der Waals surface area contributed by atoms with E-state index < -0.39 is 6.61 Å². The lowest BCUT2D eigenvalue weighted by molar-refractivity contribution is -0.672. The summed E-state index contributed by atoms with van der Waals surface area (Å²) in [5.74, 6) is 0.316. The number of aromatic nitrogens is 2. The molecular formula is C18H17F3N3O2+. The Labute approximate surface area is 147 Å². The van der Waals surface area contributed by atoms with Crippen molar-refractivity contribution in [3.63, 3.8) is 0 Å². The van der Waals surface area contributed by atoms with Gasteiger partial charge in [0.1, 0.15) is 11.6 Å². The summed E-state index contributed by atoms with van der Waals surface area (Å²) in [5.41, 5.74) is 1.38. The molecular weight excluding hydrogens is 347 g/mol. The minimum absolute atomic E-state index is 0.00450. The van der Waals surface area contributed by atoms with Gasteiger partial charge in [0, 0.05) is 6.42 Å². The average molecular weight is 364 g/mol. The van der Waals surface area contributed by atoms with Gasteiger partial charge in [-0.15, -0.1) is 0 Å². The quantitative estimate of drug-likeness (QED) is 0.625. The highest BCUT2D eigenvalue weighted by molar-refractivity contribution is 5.63. The maximum Gasteiger partial charge on any atom is 0.387 e. The Morgan fingerprint density at radius 3 is 2.62 bits per heavy atom. The van der Waals surface area contributed by atoms with Crippen LogP contribution in [0.3, 0.4) is 0 Å². The second-order valence-electron chi connectivity index (χ2n) is 5.54. The van der Waals surface area contributed by atoms with Crippen LogP contribution in [0.1, 0.15) is 11.5 Å². The normalized spacial score (nSPS) is 11.1. The molecule has 0 spiro atoms. The van der Waals surface area contributed by atoms with Crippen molar-refractivity contribution in [3.05, 3.63) is 65.8 Å². The molecule has 2 N–H and O–H groups in total. The van der Waals surface area contributed by atoms with Crippen LogP contribution in [0.4, 0.5) is 13.2 Å². The summed E-state index contributed by atoms with van der Waals surface area (Å²) in [7, 11) is 0. The van der Waals surface area contributed by atoms with E-state index in [4.69, 9.17) is 4.52 Å². The molecule has 3 rings (SSSR count). The summed E-state index contributed by atoms with van der Waals surface area (Å²) in [6.45, 7) is -1.72. The molecule has 0 radical (unpaired) electrons. The lowest BCUT2D eigenvalue weighted by Gasteiger charge is -2.07. The summed E-state index contributed by atoms with van der Waals surface area (Å²) in [4.78, 5) is 4.22. The van der Waals surface area contributed by atoms with Crippen molar-refractivity contribution >= 4 is 0 Å². The predicted octanol–water partition coefficient (Wildman–Crippen LogP) is 2.78. The van der Waals surface area contributed by atoms with Gasteiger partial charge in [-0.25, -0.2) is 4.39 Å². The number of alkyl halides is 2. The van der Waals surface area contributed by atoms with E-state index in [9.17, 15) is 13.2 Å². The Morgan fingerprint density at radius 2 is 1.85 bits per heavy atom. The van der Waals surface area contributed by atoms with Crippen LogP contribution in [0.2, 0.25) is 0 Å². The Morgan fingerprint density at radius 1 is 1.08 bits per heavy atom. The Bertz CT molecular complexity index is 838. The first-order valence-electron chi connectivity index (χ1n) is 8.05. The molecule has 0 aliphatic heterocycles. The van der Waals surface area contributed by atoms with Crippen LogP contribution in [0.5, 0.6) is 5.75 Å². The van der Waals surface area contributed by atoms with E-state index in [1.807, 2.05) is 5.32 Å². The first-order chi connectivity index (χ1) is 12.6. The van der Waals surface area contributed by atoms with Crippen LogP contribution in [-0.2, 0) is 13.0 Å². The van der Waals surface area contributed by atoms with Crippen molar-refractivity contribution in [3.8, 4) is 17.1 Å². The summed E-state index contributed by atoms with van der Waals surface area (Å²) in [6.07, 6.45) is 0.770. The van der Waals surface area contributed by atoms with E-state index in [0.717, 1.165) is 18.5 Å². The standard InChI is InChI=1S/C18H16F3N3O2/c19-13-7-5-12(6-8-13)9-10-22-11-16-23-17(24-26-16)14-3-1-2-4-15(14)25-18(20)21/h1-8,18,22H,9-11H2/p+1. The molecule has 0 fully saturated rings. The zero-order valence-corrected chi connectivity index (χ0v) is 13.7. The number of rotatable bonds is 8. The third-order valence-electron chi connectivity index (χ3n) is 3.68. The van der Waals surface area contributed by atoms with Gasteiger partial charge in [-0.1, -0.05) is 29.4 Å². The molecule has 1 heterocycles. The Hall–Kier alpha value is -2.87. The van der Waals surface area contributed by atoms with E-state index >= 15 is 0 Å². The minimum Gasteiger partial charge on any atom is -0.434 e. The van der Waals surface area contributed by atoms with Crippen molar-refractivity contribution in [2.75, 3.05) is 6.54 Å². The van der Waals surface area contributed by atoms with Gasteiger partial charge < -0.3 is 14.6 Å². The zero-order chi connectivity index (χ0) is 18.4. The first-order valence-corrected chi connectivity index (χ1v) is 8.05. The lowest BCUT2D eigenvalue weighted by Crippen LogP contribution is -2.83. The zero-order valence-electron chi connectivity index (χ0n) is 13.7. The van der Waals surface area contributed by atoms with Crippen molar-refractivity contribution in [1.82, 2.24) is 10.1 Å². The van der Waals surface area contributed by atoms with Crippen LogP contribution in [0.25, 0.3) is 11.4 Å². The monoisotopic (exact) mass is 364 g/mol. The van der Waals surface area contributed by atoms with Crippen molar-refractivity contribution in [1.29, 1.82) is 0 Å². The maximum atomic E-state index is 12.9. The molecule has 136 valence electrons. The third kappa shape index (κ3) is 4.82. The van der Waals surface area contributed by atoms with E-state index in [1.165, 1.54) is 18.2 Å². The SMILES string of the molecule is Fc1ccc(CC[NH2+]Cc2nc(-c3ccccc3OC(F)F)no2)cc1. The minimum atomic E-state index is -2.93. The van der Waals surface area contributed by atoms with Gasteiger partial charge in [-0.05, 0) is 29.8 Å². The highest BCUT2D eigenvalue weighted by Crippen LogP contribution is 2.28. The summed E-state index contributed by atoms with van der Waals surface area (Å²) in [5, 5.41) is 5.80. The second kappa shape index (κ2) is 8.48. The molecule has 3 aromatic rings. The van der Waals surface area contributed by atoms with Gasteiger partial charge in [0.05, 0.1) is 12.1 Å². The molecule has 2 aromatic carbocycles. The molecule has 0 amide bonds. The van der Waals surface area contributed by atoms with E-state index in [1.54, 1.807) is 30.3 Å². The number of nitrogens with two attached hydrogens (primary N) is 1. The molecule has 8 heteroatoms. The number of nitrogens with zero attached hydrogens (tertiary/aromatic N) is 2. The predicted molar refractivity (Wildman–Crippen MR) is 87.0 cm³/mol. The van der Waals surface area contributed by atoms with E-state index in [2.05, 4.69) is 14.9 Å². The van der Waals surface area contributed by atoms with Gasteiger partial charge >= 0.3 is 6.61 Å². The van der Waals surface area contributed by atoms with Crippen molar-refractivity contribution in [2.45, 2.75) is 19.6 Å². The number of quaternary nitrogens is 1. The van der Waals surface area contributed by atoms with Gasteiger partial charge in [-0.2, -0.15) is 13.8 Å². The number of ether oxygens (including phenoxy) is 1. The third-order valence-corrected chi connectivity index (χ3v) is 3.68. The molecule has 26 heavy (non-hydrogen) atoms. The van der Waals surface area contributed by atoms with Gasteiger partial charge in [-0.3, -0.25) is 0 Å². The van der Waals surface area contributed by atoms with Crippen LogP contribution in [-0.4, -0.2) is 23.3 Å². The highest BCUT2D eigenvalue weighted by Gasteiger charge is 2.16. The highest BCUT2D eigenvalue weighted by atomic mass is 19.3. The largest absolute Gasteiger partial charge is 0.434 e. The number of halogens is 3. The van der Waals surface area contributed by atoms with Crippen molar-refractivity contribution < 1.29 is 27.7 Å². The molecule has 0 aliphatic rings. The average Bonchev–Trinajstić information content (AvgIpc) is 3.09. The summed E-state index contributed by atoms with van der Waals surface area (Å²) < 4.78 is 47.4. The molecule has 0 saturated heterocycles. The molecule has 0 atom stereocenters. The van der Waals surface area contributed by atoms with Crippen LogP contribution in [0.15, 0.2) is 53.1 Å². The number of hydrogen-bond acceptors (Lipinski definition) is 4. The van der Waals surface area contributed by atoms with Gasteiger partial charge in [0.15, 0.2) is 6.54 Å². The molecule has 1 aromatic heterocycles. The topological polar surface area (TPSA) is 64.8 Å². The lowest BCUT2D eigenvalue weighted by atomic mass is 10.1. The summed E-state index contributed by atoms with van der Waals surface area (Å²) in [6, 6.07) is 12.6. The molecule has 0 aliphatic carbocycles. The Kier molecular flexibility index (Phi) is 5.85. The fourth-order valence-corrected chi connectivity index (χ4v) is 2.44. The first kappa shape index (κ1) is 17.9. The number of hydrogen-bond donors (Lipinski definition) is 1. The molecule has 0 bridgehead atoms. The van der Waals surface area contributed by atoms with Crippen molar-refractivity contribution in [2.24, 2.45) is 0 Å². The number of para-hydroxylation sites is 1. The number of benzene rings is 2. The maximum absolute atomic E-state index is 12.9. The molecule has 5 nitrogen and oxygen atoms in total. The van der Waals surface area contributed by atoms with Crippen LogP contribution >= 0.6 is 0 Å². The van der Waals surface area contributed by atoms with Gasteiger partial charge in [0.2, 0.25) is 5.82 Å². The van der Waals surface area contributed by atoms with Crippen LogP contribution in [0, 0.1) is 5.82 Å².